The van der Waals surface area contributed by atoms with Crippen molar-refractivity contribution in [3.05, 3.63) is 35.6 Å². The molecule has 8 nitrogen and oxygen atoms in total. The third-order valence-corrected chi connectivity index (χ3v) is 7.32. The molecule has 2 N–H and O–H groups in total. The standard InChI is InChI=1S/C18H25FN4O4S2/c1-29(26,27)23-8-6-22(7-9-23)17(25)11-14-10-16(24)21-18(20-14)28-12-13-4-2-3-5-15(13)19/h2-5,14,18,20H,6-12H2,1H3,(H,21,24). The van der Waals surface area contributed by atoms with E-state index < -0.39 is 15.5 Å². The van der Waals surface area contributed by atoms with E-state index in [9.17, 15) is 22.4 Å². The summed E-state index contributed by atoms with van der Waals surface area (Å²) < 4.78 is 38.3. The summed E-state index contributed by atoms with van der Waals surface area (Å²) in [7, 11) is -3.25. The van der Waals surface area contributed by atoms with Gasteiger partial charge in [-0.05, 0) is 11.6 Å². The van der Waals surface area contributed by atoms with Crippen LogP contribution >= 0.6 is 11.8 Å². The van der Waals surface area contributed by atoms with Crippen molar-refractivity contribution in [2.75, 3.05) is 32.4 Å². The predicted molar refractivity (Wildman–Crippen MR) is 109 cm³/mol. The van der Waals surface area contributed by atoms with Gasteiger partial charge in [-0.25, -0.2) is 12.8 Å². The third-order valence-electron chi connectivity index (χ3n) is 4.96. The lowest BCUT2D eigenvalue weighted by Gasteiger charge is -2.35. The summed E-state index contributed by atoms with van der Waals surface area (Å²) in [6.45, 7) is 1.25. The van der Waals surface area contributed by atoms with Gasteiger partial charge >= 0.3 is 0 Å². The maximum atomic E-state index is 13.8. The summed E-state index contributed by atoms with van der Waals surface area (Å²) in [6.07, 6.45) is 1.50. The second kappa shape index (κ2) is 9.41. The molecule has 0 aliphatic carbocycles. The minimum atomic E-state index is -3.25. The number of thioether (sulfide) groups is 1. The predicted octanol–water partition coefficient (Wildman–Crippen LogP) is 0.315. The lowest BCUT2D eigenvalue weighted by Crippen LogP contribution is -2.57. The highest BCUT2D eigenvalue weighted by Crippen LogP contribution is 2.21. The minimum Gasteiger partial charge on any atom is -0.340 e. The smallest absolute Gasteiger partial charge is 0.224 e. The van der Waals surface area contributed by atoms with Gasteiger partial charge in [-0.1, -0.05) is 18.2 Å². The molecular weight excluding hydrogens is 419 g/mol. The fourth-order valence-electron chi connectivity index (χ4n) is 3.36. The number of amides is 2. The van der Waals surface area contributed by atoms with E-state index in [-0.39, 0.29) is 49.6 Å². The van der Waals surface area contributed by atoms with Crippen molar-refractivity contribution < 1.29 is 22.4 Å². The number of nitrogens with one attached hydrogen (secondary N) is 2. The van der Waals surface area contributed by atoms with E-state index in [0.29, 0.717) is 24.4 Å². The second-order valence-electron chi connectivity index (χ2n) is 7.16. The zero-order valence-corrected chi connectivity index (χ0v) is 17.8. The molecule has 0 bridgehead atoms. The Morgan fingerprint density at radius 1 is 1.24 bits per heavy atom. The highest BCUT2D eigenvalue weighted by molar-refractivity contribution is 7.99. The maximum absolute atomic E-state index is 13.8. The van der Waals surface area contributed by atoms with Crippen molar-refractivity contribution >= 4 is 33.6 Å². The molecule has 2 fully saturated rings. The van der Waals surface area contributed by atoms with E-state index in [1.54, 1.807) is 23.1 Å². The van der Waals surface area contributed by atoms with Crippen molar-refractivity contribution in [3.63, 3.8) is 0 Å². The van der Waals surface area contributed by atoms with Crippen LogP contribution in [0, 0.1) is 5.82 Å². The van der Waals surface area contributed by atoms with Gasteiger partial charge in [0.2, 0.25) is 21.8 Å². The minimum absolute atomic E-state index is 0.108. The zero-order chi connectivity index (χ0) is 21.0. The fourth-order valence-corrected chi connectivity index (χ4v) is 5.27. The summed E-state index contributed by atoms with van der Waals surface area (Å²) in [4.78, 5) is 26.3. The first kappa shape index (κ1) is 22.0. The Hall–Kier alpha value is -1.69. The van der Waals surface area contributed by atoms with Crippen LogP contribution in [0.4, 0.5) is 4.39 Å². The molecule has 2 amide bonds. The summed E-state index contributed by atoms with van der Waals surface area (Å²) >= 11 is 1.36. The van der Waals surface area contributed by atoms with Crippen LogP contribution in [0.2, 0.25) is 0 Å². The van der Waals surface area contributed by atoms with Crippen LogP contribution in [-0.2, 0) is 25.4 Å². The molecule has 1 aromatic carbocycles. The highest BCUT2D eigenvalue weighted by Gasteiger charge is 2.31. The summed E-state index contributed by atoms with van der Waals surface area (Å²) in [6, 6.07) is 6.17. The Morgan fingerprint density at radius 2 is 1.93 bits per heavy atom. The van der Waals surface area contributed by atoms with Crippen LogP contribution in [-0.4, -0.2) is 73.4 Å². The van der Waals surface area contributed by atoms with E-state index in [1.807, 2.05) is 0 Å². The number of nitrogens with zero attached hydrogens (tertiary/aromatic N) is 2. The SMILES string of the molecule is CS(=O)(=O)N1CCN(C(=O)CC2CC(=O)NC(SCc3ccccc3F)N2)CC1. The van der Waals surface area contributed by atoms with Gasteiger partial charge in [0, 0.05) is 50.8 Å². The number of hydrogen-bond acceptors (Lipinski definition) is 6. The number of carbonyl (C=O) groups is 2. The van der Waals surface area contributed by atoms with E-state index in [2.05, 4.69) is 10.6 Å². The molecule has 160 valence electrons. The van der Waals surface area contributed by atoms with Crippen molar-refractivity contribution in [1.82, 2.24) is 19.8 Å². The number of rotatable bonds is 6. The van der Waals surface area contributed by atoms with Crippen LogP contribution in [0.3, 0.4) is 0 Å². The second-order valence-corrected chi connectivity index (χ2v) is 10.2. The molecule has 2 aliphatic heterocycles. The van der Waals surface area contributed by atoms with E-state index in [0.717, 1.165) is 6.26 Å². The topological polar surface area (TPSA) is 98.8 Å². The first-order chi connectivity index (χ1) is 13.7. The van der Waals surface area contributed by atoms with Crippen LogP contribution in [0.15, 0.2) is 24.3 Å². The highest BCUT2D eigenvalue weighted by atomic mass is 32.2. The van der Waals surface area contributed by atoms with Crippen molar-refractivity contribution in [2.45, 2.75) is 30.1 Å². The Morgan fingerprint density at radius 3 is 2.59 bits per heavy atom. The van der Waals surface area contributed by atoms with Gasteiger partial charge < -0.3 is 10.2 Å². The molecule has 3 rings (SSSR count). The Balaban J connectivity index is 1.50. The van der Waals surface area contributed by atoms with E-state index in [1.165, 1.54) is 22.1 Å². The fraction of sp³-hybridized carbons (Fsp3) is 0.556. The average molecular weight is 445 g/mol. The van der Waals surface area contributed by atoms with Crippen LogP contribution in [0.1, 0.15) is 18.4 Å². The van der Waals surface area contributed by atoms with Gasteiger partial charge in [-0.2, -0.15) is 4.31 Å². The Kier molecular flexibility index (Phi) is 7.14. The summed E-state index contributed by atoms with van der Waals surface area (Å²) in [5.74, 6) is -0.168. The van der Waals surface area contributed by atoms with Gasteiger partial charge in [0.15, 0.2) is 0 Å². The number of benzene rings is 1. The first-order valence-electron chi connectivity index (χ1n) is 9.35. The Bertz CT molecular complexity index is 859. The average Bonchev–Trinajstić information content (AvgIpc) is 2.66. The largest absolute Gasteiger partial charge is 0.340 e. The maximum Gasteiger partial charge on any atom is 0.224 e. The lowest BCUT2D eigenvalue weighted by atomic mass is 10.1. The number of piperazine rings is 1. The molecule has 2 heterocycles. The lowest BCUT2D eigenvalue weighted by molar-refractivity contribution is -0.133. The molecular formula is C18H25FN4O4S2. The Labute approximate surface area is 174 Å². The quantitative estimate of drug-likeness (QED) is 0.656. The van der Waals surface area contributed by atoms with Crippen molar-refractivity contribution in [1.29, 1.82) is 0 Å². The summed E-state index contributed by atoms with van der Waals surface area (Å²) in [5.41, 5.74) is 0.145. The normalized spacial score (nSPS) is 23.7. The molecule has 0 spiro atoms. The molecule has 0 radical (unpaired) electrons. The van der Waals surface area contributed by atoms with E-state index >= 15 is 0 Å². The van der Waals surface area contributed by atoms with Crippen molar-refractivity contribution in [3.8, 4) is 0 Å². The molecule has 1 aromatic rings. The molecule has 2 unspecified atom stereocenters. The van der Waals surface area contributed by atoms with Gasteiger partial charge in [0.1, 0.15) is 11.3 Å². The molecule has 11 heteroatoms. The molecule has 2 saturated heterocycles. The van der Waals surface area contributed by atoms with Gasteiger partial charge in [-0.3, -0.25) is 14.9 Å². The molecule has 0 aromatic heterocycles. The van der Waals surface area contributed by atoms with Crippen LogP contribution in [0.25, 0.3) is 0 Å². The monoisotopic (exact) mass is 444 g/mol. The molecule has 0 saturated carbocycles. The zero-order valence-electron chi connectivity index (χ0n) is 16.1. The van der Waals surface area contributed by atoms with Gasteiger partial charge in [-0.15, -0.1) is 11.8 Å². The van der Waals surface area contributed by atoms with Gasteiger partial charge in [0.05, 0.1) is 6.26 Å². The number of sulfonamides is 1. The van der Waals surface area contributed by atoms with Gasteiger partial charge in [0.25, 0.3) is 0 Å². The molecule has 2 aliphatic rings. The number of carbonyl (C=O) groups excluding carboxylic acids is 2. The van der Waals surface area contributed by atoms with Crippen LogP contribution in [0.5, 0.6) is 0 Å². The summed E-state index contributed by atoms with van der Waals surface area (Å²) in [5, 5.41) is 6.03. The molecule has 2 atom stereocenters. The third kappa shape index (κ3) is 6.14. The van der Waals surface area contributed by atoms with Crippen molar-refractivity contribution in [2.24, 2.45) is 0 Å². The molecule has 29 heavy (non-hydrogen) atoms. The van der Waals surface area contributed by atoms with E-state index in [4.69, 9.17) is 0 Å². The number of hydrogen-bond donors (Lipinski definition) is 2. The van der Waals surface area contributed by atoms with Crippen LogP contribution < -0.4 is 10.6 Å². The number of halogens is 1. The first-order valence-corrected chi connectivity index (χ1v) is 12.3.